The molecule has 0 bridgehead atoms. The van der Waals surface area contributed by atoms with Crippen LogP contribution in [-0.2, 0) is 9.53 Å². The summed E-state index contributed by atoms with van der Waals surface area (Å²) in [4.78, 5) is 19.9. The van der Waals surface area contributed by atoms with Gasteiger partial charge in [0.05, 0.1) is 6.61 Å². The zero-order chi connectivity index (χ0) is 11.8. The molecule has 0 atom stereocenters. The van der Waals surface area contributed by atoms with Crippen LogP contribution in [0.4, 0.5) is 0 Å². The molecule has 0 fully saturated rings. The first-order chi connectivity index (χ1) is 6.97. The van der Waals surface area contributed by atoms with Crippen LogP contribution in [0.25, 0.3) is 0 Å². The Balaban J connectivity index is 0.000000423. The maximum atomic E-state index is 10.9. The van der Waals surface area contributed by atoms with Crippen LogP contribution in [0.2, 0.25) is 0 Å². The molecule has 1 aromatic heterocycles. The molecular formula is C10H14O5. The standard InChI is InChI=1S/C8H10O3.C2H4O2/c1-3-10-8(9)7-5-4-6(2)11-7;1-2(3)4/h4-5H,3H2,1-2H3;1H3,(H,3,4). The van der Waals surface area contributed by atoms with E-state index in [2.05, 4.69) is 0 Å². The Morgan fingerprint density at radius 3 is 2.33 bits per heavy atom. The number of aliphatic carboxylic acids is 1. The summed E-state index contributed by atoms with van der Waals surface area (Å²) < 4.78 is 9.73. The van der Waals surface area contributed by atoms with Gasteiger partial charge >= 0.3 is 5.97 Å². The summed E-state index contributed by atoms with van der Waals surface area (Å²) in [7, 11) is 0. The zero-order valence-electron chi connectivity index (χ0n) is 8.94. The molecule has 0 spiro atoms. The van der Waals surface area contributed by atoms with E-state index in [1.807, 2.05) is 0 Å². The molecule has 84 valence electrons. The van der Waals surface area contributed by atoms with Gasteiger partial charge in [-0.25, -0.2) is 4.79 Å². The van der Waals surface area contributed by atoms with E-state index in [4.69, 9.17) is 19.1 Å². The van der Waals surface area contributed by atoms with E-state index in [9.17, 15) is 4.79 Å². The number of carbonyl (C=O) groups is 2. The number of hydrogen-bond donors (Lipinski definition) is 1. The highest BCUT2D eigenvalue weighted by Crippen LogP contribution is 2.07. The van der Waals surface area contributed by atoms with E-state index in [1.165, 1.54) is 0 Å². The molecule has 0 radical (unpaired) electrons. The molecule has 5 nitrogen and oxygen atoms in total. The Bertz CT molecular complexity index is 322. The van der Waals surface area contributed by atoms with Crippen LogP contribution in [0.3, 0.4) is 0 Å². The first-order valence-corrected chi connectivity index (χ1v) is 4.40. The fourth-order valence-electron chi connectivity index (χ4n) is 0.746. The van der Waals surface area contributed by atoms with Gasteiger partial charge < -0.3 is 14.3 Å². The highest BCUT2D eigenvalue weighted by Gasteiger charge is 2.09. The van der Waals surface area contributed by atoms with Crippen LogP contribution in [0.1, 0.15) is 30.2 Å². The summed E-state index contributed by atoms with van der Waals surface area (Å²) in [5, 5.41) is 7.42. The average Bonchev–Trinajstić information content (AvgIpc) is 2.51. The fourth-order valence-corrected chi connectivity index (χ4v) is 0.746. The SMILES string of the molecule is CC(=O)O.CCOC(=O)c1ccc(C)o1. The third-order valence-corrected chi connectivity index (χ3v) is 1.22. The minimum atomic E-state index is -0.833. The zero-order valence-corrected chi connectivity index (χ0v) is 8.94. The van der Waals surface area contributed by atoms with Crippen molar-refractivity contribution in [2.24, 2.45) is 0 Å². The van der Waals surface area contributed by atoms with Crippen LogP contribution in [0, 0.1) is 6.92 Å². The highest BCUT2D eigenvalue weighted by molar-refractivity contribution is 5.86. The number of aryl methyl sites for hydroxylation is 1. The van der Waals surface area contributed by atoms with Crippen LogP contribution in [0.5, 0.6) is 0 Å². The Labute approximate surface area is 87.7 Å². The van der Waals surface area contributed by atoms with Crippen molar-refractivity contribution >= 4 is 11.9 Å². The van der Waals surface area contributed by atoms with Gasteiger partial charge in [-0.05, 0) is 26.0 Å². The summed E-state index contributed by atoms with van der Waals surface area (Å²) in [5.74, 6) is -0.252. The quantitative estimate of drug-likeness (QED) is 0.760. The van der Waals surface area contributed by atoms with Crippen molar-refractivity contribution in [1.29, 1.82) is 0 Å². The Kier molecular flexibility index (Phi) is 5.85. The molecule has 0 aliphatic heterocycles. The van der Waals surface area contributed by atoms with Crippen molar-refractivity contribution in [3.63, 3.8) is 0 Å². The lowest BCUT2D eigenvalue weighted by molar-refractivity contribution is -0.134. The second-order valence-electron chi connectivity index (χ2n) is 2.65. The molecule has 0 saturated heterocycles. The topological polar surface area (TPSA) is 76.7 Å². The van der Waals surface area contributed by atoms with Gasteiger partial charge in [0, 0.05) is 6.92 Å². The lowest BCUT2D eigenvalue weighted by Gasteiger charge is -1.95. The fraction of sp³-hybridized carbons (Fsp3) is 0.400. The molecule has 0 aliphatic carbocycles. The average molecular weight is 214 g/mol. The summed E-state index contributed by atoms with van der Waals surface area (Å²) in [5.41, 5.74) is 0. The van der Waals surface area contributed by atoms with Crippen molar-refractivity contribution < 1.29 is 23.8 Å². The molecule has 1 rings (SSSR count). The third kappa shape index (κ3) is 6.31. The van der Waals surface area contributed by atoms with Gasteiger partial charge in [0.2, 0.25) is 5.76 Å². The number of ether oxygens (including phenoxy) is 1. The van der Waals surface area contributed by atoms with Gasteiger partial charge in [-0.3, -0.25) is 4.79 Å². The minimum Gasteiger partial charge on any atom is -0.481 e. The summed E-state index contributed by atoms with van der Waals surface area (Å²) in [6.07, 6.45) is 0. The maximum Gasteiger partial charge on any atom is 0.374 e. The van der Waals surface area contributed by atoms with Crippen molar-refractivity contribution in [2.75, 3.05) is 6.61 Å². The lowest BCUT2D eigenvalue weighted by Crippen LogP contribution is -2.02. The van der Waals surface area contributed by atoms with Gasteiger partial charge in [-0.2, -0.15) is 0 Å². The Morgan fingerprint density at radius 2 is 2.00 bits per heavy atom. The second-order valence-corrected chi connectivity index (χ2v) is 2.65. The van der Waals surface area contributed by atoms with Crippen LogP contribution < -0.4 is 0 Å². The second kappa shape index (κ2) is 6.64. The summed E-state index contributed by atoms with van der Waals surface area (Å²) >= 11 is 0. The first-order valence-electron chi connectivity index (χ1n) is 4.40. The number of furan rings is 1. The predicted molar refractivity (Wildman–Crippen MR) is 52.7 cm³/mol. The van der Waals surface area contributed by atoms with Crippen LogP contribution in [-0.4, -0.2) is 23.7 Å². The number of esters is 1. The molecule has 0 aromatic carbocycles. The summed E-state index contributed by atoms with van der Waals surface area (Å²) in [6, 6.07) is 3.33. The number of carboxylic acid groups (broad SMARTS) is 1. The Hall–Kier alpha value is -1.78. The predicted octanol–water partition coefficient (Wildman–Crippen LogP) is 1.86. The van der Waals surface area contributed by atoms with Gasteiger partial charge in [0.25, 0.3) is 5.97 Å². The molecule has 0 aliphatic rings. The molecule has 0 saturated carbocycles. The number of carboxylic acids is 1. The molecule has 1 heterocycles. The lowest BCUT2D eigenvalue weighted by atomic mass is 10.4. The molecule has 15 heavy (non-hydrogen) atoms. The molecule has 5 heteroatoms. The Morgan fingerprint density at radius 1 is 1.47 bits per heavy atom. The normalized spacial score (nSPS) is 8.73. The van der Waals surface area contributed by atoms with E-state index in [-0.39, 0.29) is 5.76 Å². The van der Waals surface area contributed by atoms with Crippen molar-refractivity contribution in [1.82, 2.24) is 0 Å². The largest absolute Gasteiger partial charge is 0.481 e. The van der Waals surface area contributed by atoms with Crippen molar-refractivity contribution in [3.05, 3.63) is 23.7 Å². The molecule has 1 aromatic rings. The molecule has 1 N–H and O–H groups in total. The first kappa shape index (κ1) is 13.2. The van der Waals surface area contributed by atoms with Crippen LogP contribution >= 0.6 is 0 Å². The minimum absolute atomic E-state index is 0.268. The van der Waals surface area contributed by atoms with Gasteiger partial charge in [0.15, 0.2) is 0 Å². The van der Waals surface area contributed by atoms with E-state index >= 15 is 0 Å². The molecular weight excluding hydrogens is 200 g/mol. The van der Waals surface area contributed by atoms with Gasteiger partial charge in [-0.15, -0.1) is 0 Å². The van der Waals surface area contributed by atoms with E-state index < -0.39 is 11.9 Å². The van der Waals surface area contributed by atoms with E-state index in [1.54, 1.807) is 26.0 Å². The number of hydrogen-bond acceptors (Lipinski definition) is 4. The number of rotatable bonds is 2. The monoisotopic (exact) mass is 214 g/mol. The molecule has 0 amide bonds. The third-order valence-electron chi connectivity index (χ3n) is 1.22. The van der Waals surface area contributed by atoms with Crippen molar-refractivity contribution in [3.8, 4) is 0 Å². The summed E-state index contributed by atoms with van der Waals surface area (Å²) in [6.45, 7) is 5.00. The van der Waals surface area contributed by atoms with Gasteiger partial charge in [-0.1, -0.05) is 0 Å². The molecule has 0 unspecified atom stereocenters. The number of carbonyl (C=O) groups excluding carboxylic acids is 1. The van der Waals surface area contributed by atoms with Crippen molar-refractivity contribution in [2.45, 2.75) is 20.8 Å². The smallest absolute Gasteiger partial charge is 0.374 e. The highest BCUT2D eigenvalue weighted by atomic mass is 16.5. The maximum absolute atomic E-state index is 10.9. The van der Waals surface area contributed by atoms with E-state index in [0.717, 1.165) is 6.92 Å². The van der Waals surface area contributed by atoms with E-state index in [0.29, 0.717) is 12.4 Å². The van der Waals surface area contributed by atoms with Crippen LogP contribution in [0.15, 0.2) is 16.5 Å². The van der Waals surface area contributed by atoms with Gasteiger partial charge in [0.1, 0.15) is 5.76 Å².